The molecule has 0 spiro atoms. The molecule has 0 heterocycles. The van der Waals surface area contributed by atoms with Crippen LogP contribution in [0, 0.1) is 6.92 Å². The molecule has 16 heavy (non-hydrogen) atoms. The van der Waals surface area contributed by atoms with Crippen molar-refractivity contribution in [3.63, 3.8) is 0 Å². The van der Waals surface area contributed by atoms with E-state index in [0.29, 0.717) is 10.2 Å². The van der Waals surface area contributed by atoms with Gasteiger partial charge in [0.2, 0.25) is 0 Å². The van der Waals surface area contributed by atoms with Gasteiger partial charge in [-0.1, -0.05) is 0 Å². The molecule has 0 aliphatic heterocycles. The zero-order chi connectivity index (χ0) is 12.3. The normalized spacial score (nSPS) is 10.2. The van der Waals surface area contributed by atoms with Crippen molar-refractivity contribution < 1.29 is 14.6 Å². The van der Waals surface area contributed by atoms with E-state index in [1.54, 1.807) is 6.07 Å². The molecule has 0 bridgehead atoms. The highest BCUT2D eigenvalue weighted by Gasteiger charge is 2.18. The molecule has 0 atom stereocenters. The molecular weight excluding hydrogens is 274 g/mol. The van der Waals surface area contributed by atoms with E-state index in [0.717, 1.165) is 5.56 Å². The number of rotatable bonds is 4. The Bertz CT molecular complexity index is 418. The van der Waals surface area contributed by atoms with Crippen molar-refractivity contribution in [2.24, 2.45) is 5.73 Å². The number of phenols is 1. The van der Waals surface area contributed by atoms with Crippen LogP contribution in [0.25, 0.3) is 0 Å². The Kier molecular flexibility index (Phi) is 4.32. The first-order valence-electron chi connectivity index (χ1n) is 4.82. The number of aryl methyl sites for hydroxylation is 1. The van der Waals surface area contributed by atoms with Gasteiger partial charge in [-0.2, -0.15) is 0 Å². The average Bonchev–Trinajstić information content (AvgIpc) is 2.24. The van der Waals surface area contributed by atoms with Crippen LogP contribution in [-0.4, -0.2) is 24.5 Å². The maximum Gasteiger partial charge on any atom is 0.167 e. The molecule has 1 rings (SSSR count). The number of ketones is 1. The number of benzene rings is 1. The van der Waals surface area contributed by atoms with Gasteiger partial charge in [-0.25, -0.2) is 0 Å². The first kappa shape index (κ1) is 13.0. The lowest BCUT2D eigenvalue weighted by molar-refractivity contribution is 0.0982. The Morgan fingerprint density at radius 1 is 1.62 bits per heavy atom. The zero-order valence-electron chi connectivity index (χ0n) is 9.21. The van der Waals surface area contributed by atoms with Gasteiger partial charge in [0, 0.05) is 6.42 Å². The van der Waals surface area contributed by atoms with Crippen molar-refractivity contribution in [3.8, 4) is 11.5 Å². The summed E-state index contributed by atoms with van der Waals surface area (Å²) in [5.74, 6) is 0.258. The topological polar surface area (TPSA) is 72.5 Å². The molecule has 4 nitrogen and oxygen atoms in total. The van der Waals surface area contributed by atoms with Crippen LogP contribution in [0.1, 0.15) is 22.3 Å². The Hall–Kier alpha value is -1.07. The fourth-order valence-corrected chi connectivity index (χ4v) is 2.17. The smallest absolute Gasteiger partial charge is 0.167 e. The average molecular weight is 288 g/mol. The van der Waals surface area contributed by atoms with Gasteiger partial charge in [0.25, 0.3) is 0 Å². The lowest BCUT2D eigenvalue weighted by Gasteiger charge is -2.12. The van der Waals surface area contributed by atoms with Gasteiger partial charge in [-0.3, -0.25) is 4.79 Å². The van der Waals surface area contributed by atoms with Gasteiger partial charge in [-0.05, 0) is 41.0 Å². The molecule has 1 aromatic rings. The zero-order valence-corrected chi connectivity index (χ0v) is 10.8. The molecule has 1 aromatic carbocycles. The Labute approximate surface area is 103 Å². The number of halogens is 1. The molecule has 0 fully saturated rings. The Morgan fingerprint density at radius 3 is 2.75 bits per heavy atom. The molecule has 0 saturated heterocycles. The van der Waals surface area contributed by atoms with E-state index < -0.39 is 0 Å². The third kappa shape index (κ3) is 2.36. The van der Waals surface area contributed by atoms with Crippen LogP contribution in [-0.2, 0) is 0 Å². The van der Waals surface area contributed by atoms with Crippen LogP contribution in [0.15, 0.2) is 10.5 Å². The van der Waals surface area contributed by atoms with Crippen molar-refractivity contribution in [2.45, 2.75) is 13.3 Å². The minimum absolute atomic E-state index is 0.0964. The highest BCUT2D eigenvalue weighted by Crippen LogP contribution is 2.39. The lowest BCUT2D eigenvalue weighted by atomic mass is 10.0. The van der Waals surface area contributed by atoms with Crippen LogP contribution < -0.4 is 10.5 Å². The van der Waals surface area contributed by atoms with Gasteiger partial charge in [0.15, 0.2) is 5.78 Å². The van der Waals surface area contributed by atoms with E-state index in [4.69, 9.17) is 10.5 Å². The van der Waals surface area contributed by atoms with E-state index in [9.17, 15) is 9.90 Å². The van der Waals surface area contributed by atoms with Gasteiger partial charge in [-0.15, -0.1) is 0 Å². The van der Waals surface area contributed by atoms with Gasteiger partial charge < -0.3 is 15.6 Å². The minimum Gasteiger partial charge on any atom is -0.506 e. The first-order valence-corrected chi connectivity index (χ1v) is 5.61. The molecule has 0 amide bonds. The van der Waals surface area contributed by atoms with Crippen LogP contribution in [0.5, 0.6) is 11.5 Å². The van der Waals surface area contributed by atoms with E-state index in [1.165, 1.54) is 7.11 Å². The summed E-state index contributed by atoms with van der Waals surface area (Å²) in [5.41, 5.74) is 6.37. The predicted octanol–water partition coefficient (Wildman–Crippen LogP) is 2.00. The number of nitrogens with two attached hydrogens (primary N) is 1. The largest absolute Gasteiger partial charge is 0.506 e. The summed E-state index contributed by atoms with van der Waals surface area (Å²) in [6.45, 7) is 2.07. The molecule has 0 aromatic heterocycles. The number of carbonyl (C=O) groups excluding carboxylic acids is 1. The van der Waals surface area contributed by atoms with Crippen molar-refractivity contribution in [3.05, 3.63) is 21.7 Å². The number of carbonyl (C=O) groups is 1. The molecule has 0 radical (unpaired) electrons. The fourth-order valence-electron chi connectivity index (χ4n) is 1.48. The van der Waals surface area contributed by atoms with E-state index in [2.05, 4.69) is 15.9 Å². The third-order valence-corrected chi connectivity index (χ3v) is 2.99. The maximum atomic E-state index is 11.7. The molecule has 88 valence electrons. The van der Waals surface area contributed by atoms with Gasteiger partial charge in [0.1, 0.15) is 16.0 Å². The highest BCUT2D eigenvalue weighted by molar-refractivity contribution is 9.10. The van der Waals surface area contributed by atoms with E-state index in [-0.39, 0.29) is 30.1 Å². The summed E-state index contributed by atoms with van der Waals surface area (Å²) < 4.78 is 5.51. The highest BCUT2D eigenvalue weighted by atomic mass is 79.9. The molecule has 3 N–H and O–H groups in total. The van der Waals surface area contributed by atoms with Crippen molar-refractivity contribution in [1.82, 2.24) is 0 Å². The van der Waals surface area contributed by atoms with Crippen LogP contribution in [0.2, 0.25) is 0 Å². The summed E-state index contributed by atoms with van der Waals surface area (Å²) in [7, 11) is 1.51. The maximum absolute atomic E-state index is 11.7. The van der Waals surface area contributed by atoms with Crippen molar-refractivity contribution in [2.75, 3.05) is 13.7 Å². The first-order chi connectivity index (χ1) is 7.52. The molecule has 0 aliphatic rings. The summed E-state index contributed by atoms with van der Waals surface area (Å²) in [5, 5.41) is 9.84. The van der Waals surface area contributed by atoms with Crippen molar-refractivity contribution in [1.29, 1.82) is 0 Å². The summed E-state index contributed by atoms with van der Waals surface area (Å²) >= 11 is 3.20. The summed E-state index contributed by atoms with van der Waals surface area (Å²) in [6.07, 6.45) is 0.214. The van der Waals surface area contributed by atoms with E-state index in [1.807, 2.05) is 6.92 Å². The molecule has 0 unspecified atom stereocenters. The molecule has 0 saturated carbocycles. The van der Waals surface area contributed by atoms with Gasteiger partial charge >= 0.3 is 0 Å². The van der Waals surface area contributed by atoms with E-state index >= 15 is 0 Å². The second-order valence-corrected chi connectivity index (χ2v) is 4.19. The molecule has 5 heteroatoms. The number of aromatic hydroxyl groups is 1. The SMILES string of the molecule is COc1c(C)cc(C(=O)CCN)c(O)c1Br. The van der Waals surface area contributed by atoms with Gasteiger partial charge in [0.05, 0.1) is 12.7 Å². The summed E-state index contributed by atoms with van der Waals surface area (Å²) in [4.78, 5) is 11.7. The Morgan fingerprint density at radius 2 is 2.25 bits per heavy atom. The second-order valence-electron chi connectivity index (χ2n) is 3.40. The molecule has 0 aliphatic carbocycles. The number of hydrogen-bond acceptors (Lipinski definition) is 4. The van der Waals surface area contributed by atoms with Crippen LogP contribution in [0.3, 0.4) is 0 Å². The number of methoxy groups -OCH3 is 1. The quantitative estimate of drug-likeness (QED) is 0.831. The predicted molar refractivity (Wildman–Crippen MR) is 65.1 cm³/mol. The Balaban J connectivity index is 3.28. The number of ether oxygens (including phenoxy) is 1. The third-order valence-electron chi connectivity index (χ3n) is 2.26. The second kappa shape index (κ2) is 5.32. The minimum atomic E-state index is -0.175. The molecular formula is C11H14BrNO3. The summed E-state index contributed by atoms with van der Waals surface area (Å²) in [6, 6.07) is 1.61. The number of hydrogen-bond donors (Lipinski definition) is 2. The lowest BCUT2D eigenvalue weighted by Crippen LogP contribution is -2.09. The van der Waals surface area contributed by atoms with Crippen LogP contribution in [0.4, 0.5) is 0 Å². The fraction of sp³-hybridized carbons (Fsp3) is 0.364. The monoisotopic (exact) mass is 287 g/mol. The number of phenolic OH excluding ortho intramolecular Hbond substituents is 1. The van der Waals surface area contributed by atoms with Crippen LogP contribution >= 0.6 is 15.9 Å². The standard InChI is InChI=1S/C11H14BrNO3/c1-6-5-7(8(14)3-4-13)10(15)9(12)11(6)16-2/h5,15H,3-4,13H2,1-2H3. The van der Waals surface area contributed by atoms with Crippen molar-refractivity contribution >= 4 is 21.7 Å². The number of Topliss-reactive ketones (excluding diaryl/α,β-unsaturated/α-hetero) is 1.